The number of amides is 5. The van der Waals surface area contributed by atoms with Gasteiger partial charge in [0.05, 0.1) is 6.04 Å². The van der Waals surface area contributed by atoms with Crippen LogP contribution in [0.25, 0.3) is 0 Å². The fourth-order valence-electron chi connectivity index (χ4n) is 10.3. The van der Waals surface area contributed by atoms with Crippen LogP contribution in [0.15, 0.2) is 0 Å². The first-order valence-corrected chi connectivity index (χ1v) is 25.6. The van der Waals surface area contributed by atoms with Crippen LogP contribution in [0, 0.1) is 0 Å². The minimum absolute atomic E-state index is 0.0228. The van der Waals surface area contributed by atoms with Crippen LogP contribution in [0.5, 0.6) is 0 Å². The predicted molar refractivity (Wildman–Crippen MR) is 244 cm³/mol. The zero-order valence-electron chi connectivity index (χ0n) is 39.0. The van der Waals surface area contributed by atoms with Crippen LogP contribution in [-0.4, -0.2) is 130 Å². The van der Waals surface area contributed by atoms with Crippen LogP contribution in [0.4, 0.5) is 0 Å². The molecule has 0 radical (unpaired) electrons. The van der Waals surface area contributed by atoms with Gasteiger partial charge >= 0.3 is 5.97 Å². The summed E-state index contributed by atoms with van der Waals surface area (Å²) in [4.78, 5) is 88.9. The molecule has 0 spiro atoms. The van der Waals surface area contributed by atoms with E-state index in [1.165, 1.54) is 89.9 Å². The number of carboxylic acids is 1. The molecule has 0 saturated carbocycles. The first-order valence-electron chi connectivity index (χ1n) is 25.6. The van der Waals surface area contributed by atoms with Gasteiger partial charge in [0.25, 0.3) is 0 Å². The monoisotopic (exact) mass is 871 g/mol. The maximum atomic E-state index is 14.4. The van der Waals surface area contributed by atoms with Gasteiger partial charge in [-0.2, -0.15) is 0 Å². The number of carbonyl (C=O) groups excluding carboxylic acids is 5. The molecule has 0 bridgehead atoms. The lowest BCUT2D eigenvalue weighted by Gasteiger charge is -2.35. The van der Waals surface area contributed by atoms with E-state index >= 15 is 0 Å². The van der Waals surface area contributed by atoms with Crippen molar-refractivity contribution in [3.63, 3.8) is 0 Å². The van der Waals surface area contributed by atoms with Gasteiger partial charge in [0.15, 0.2) is 0 Å². The summed E-state index contributed by atoms with van der Waals surface area (Å²) in [5.74, 6) is -2.19. The number of aliphatic carboxylic acids is 1. The van der Waals surface area contributed by atoms with Crippen LogP contribution in [0.1, 0.15) is 206 Å². The molecule has 4 aliphatic rings. The summed E-state index contributed by atoms with van der Waals surface area (Å²) in [6.07, 6.45) is 28.7. The number of nitrogens with zero attached hydrogens (tertiary/aromatic N) is 4. The van der Waals surface area contributed by atoms with Crippen molar-refractivity contribution >= 4 is 35.5 Å². The Labute approximate surface area is 374 Å². The fraction of sp³-hybridized carbons (Fsp3) is 0.878. The minimum atomic E-state index is -1.03. The number of hydrogen-bond donors (Lipinski definition) is 3. The number of hydrogen-bond acceptors (Lipinski definition) is 7. The van der Waals surface area contributed by atoms with Crippen molar-refractivity contribution in [1.29, 1.82) is 0 Å². The summed E-state index contributed by atoms with van der Waals surface area (Å²) in [7, 11) is 0. The van der Waals surface area contributed by atoms with Gasteiger partial charge in [0.1, 0.15) is 24.2 Å². The smallest absolute Gasteiger partial charge is 0.303 e. The lowest BCUT2D eigenvalue weighted by Crippen LogP contribution is -2.58. The van der Waals surface area contributed by atoms with E-state index in [0.717, 1.165) is 64.3 Å². The maximum absolute atomic E-state index is 14.4. The summed E-state index contributed by atoms with van der Waals surface area (Å²) < 4.78 is 0. The first-order chi connectivity index (χ1) is 30.2. The predicted octanol–water partition coefficient (Wildman–Crippen LogP) is 7.73. The SMILES string of the molecule is CCCCCCCCCCCCN(CCCCCCCCCCCC)C(=O)[C@H](CCC(=O)O)NC(=O)[C@@H]1CCCN1C(=O)[C@@H]1CCCN1C(=O)[C@@H]1CCCN1C(=O)[C@@H]1CCCN1. The van der Waals surface area contributed by atoms with Crippen molar-refractivity contribution < 1.29 is 33.9 Å². The Balaban J connectivity index is 1.36. The summed E-state index contributed by atoms with van der Waals surface area (Å²) >= 11 is 0. The lowest BCUT2D eigenvalue weighted by atomic mass is 10.0. The highest BCUT2D eigenvalue weighted by molar-refractivity contribution is 5.97. The Morgan fingerprint density at radius 1 is 0.565 bits per heavy atom. The van der Waals surface area contributed by atoms with Crippen LogP contribution >= 0.6 is 0 Å². The molecule has 4 aliphatic heterocycles. The van der Waals surface area contributed by atoms with E-state index < -0.39 is 36.0 Å². The molecule has 4 fully saturated rings. The molecular formula is C49H86N6O7. The topological polar surface area (TPSA) is 160 Å². The zero-order valence-corrected chi connectivity index (χ0v) is 39.0. The summed E-state index contributed by atoms with van der Waals surface area (Å²) in [5, 5.41) is 15.9. The van der Waals surface area contributed by atoms with Crippen molar-refractivity contribution in [3.8, 4) is 0 Å². The molecule has 0 aromatic rings. The molecule has 0 unspecified atom stereocenters. The minimum Gasteiger partial charge on any atom is -0.481 e. The number of unbranched alkanes of at least 4 members (excludes halogenated alkanes) is 18. The molecule has 3 N–H and O–H groups in total. The highest BCUT2D eigenvalue weighted by Gasteiger charge is 2.46. The van der Waals surface area contributed by atoms with Gasteiger partial charge in [-0.3, -0.25) is 28.8 Å². The van der Waals surface area contributed by atoms with Crippen LogP contribution in [0.3, 0.4) is 0 Å². The van der Waals surface area contributed by atoms with Crippen molar-refractivity contribution in [2.75, 3.05) is 39.3 Å². The molecule has 62 heavy (non-hydrogen) atoms. The van der Waals surface area contributed by atoms with E-state index in [1.54, 1.807) is 14.7 Å². The van der Waals surface area contributed by atoms with E-state index in [2.05, 4.69) is 24.5 Å². The Bertz CT molecular complexity index is 1350. The van der Waals surface area contributed by atoms with Crippen molar-refractivity contribution in [2.45, 2.75) is 237 Å². The standard InChI is InChI=1S/C49H86N6O7/c1-3-5-7-9-11-13-15-17-19-21-34-52(35-22-20-18-16-14-12-10-8-6-4-2)46(59)40(31-32-44(56)57)51-45(58)41-28-24-36-53(41)48(61)43-30-26-38-55(43)49(62)42-29-25-37-54(42)47(60)39-27-23-33-50-39/h39-43,50H,3-38H2,1-2H3,(H,51,58)(H,56,57)/t39-,40-,41-,42-,43-/m0/s1. The summed E-state index contributed by atoms with van der Waals surface area (Å²) in [5.41, 5.74) is 0. The average Bonchev–Trinajstić information content (AvgIpc) is 4.12. The number of carbonyl (C=O) groups is 6. The molecule has 0 aromatic carbocycles. The van der Waals surface area contributed by atoms with Crippen LogP contribution < -0.4 is 10.6 Å². The maximum Gasteiger partial charge on any atom is 0.303 e. The quantitative estimate of drug-likeness (QED) is 0.0598. The van der Waals surface area contributed by atoms with Gasteiger partial charge in [-0.05, 0) is 77.2 Å². The Morgan fingerprint density at radius 2 is 0.984 bits per heavy atom. The molecular weight excluding hydrogens is 785 g/mol. The second-order valence-corrected chi connectivity index (χ2v) is 18.9. The van der Waals surface area contributed by atoms with Gasteiger partial charge in [0.2, 0.25) is 29.5 Å². The van der Waals surface area contributed by atoms with E-state index in [0.29, 0.717) is 64.8 Å². The number of nitrogens with one attached hydrogen (secondary N) is 2. The normalized spacial score (nSPS) is 21.7. The summed E-state index contributed by atoms with van der Waals surface area (Å²) in [6, 6.07) is -3.37. The van der Waals surface area contributed by atoms with Gasteiger partial charge in [-0.1, -0.05) is 129 Å². The van der Waals surface area contributed by atoms with E-state index in [4.69, 9.17) is 0 Å². The van der Waals surface area contributed by atoms with E-state index in [-0.39, 0.29) is 42.5 Å². The van der Waals surface area contributed by atoms with Crippen molar-refractivity contribution in [3.05, 3.63) is 0 Å². The van der Waals surface area contributed by atoms with Crippen molar-refractivity contribution in [1.82, 2.24) is 30.2 Å². The molecule has 4 heterocycles. The van der Waals surface area contributed by atoms with Crippen molar-refractivity contribution in [2.24, 2.45) is 0 Å². The largest absolute Gasteiger partial charge is 0.481 e. The summed E-state index contributed by atoms with van der Waals surface area (Å²) in [6.45, 7) is 7.75. The molecule has 5 atom stereocenters. The fourth-order valence-corrected chi connectivity index (χ4v) is 10.3. The first kappa shape index (κ1) is 51.4. The lowest BCUT2D eigenvalue weighted by molar-refractivity contribution is -0.151. The molecule has 354 valence electrons. The highest BCUT2D eigenvalue weighted by Crippen LogP contribution is 2.29. The highest BCUT2D eigenvalue weighted by atomic mass is 16.4. The molecule has 0 aromatic heterocycles. The molecule has 0 aliphatic carbocycles. The van der Waals surface area contributed by atoms with E-state index in [9.17, 15) is 33.9 Å². The zero-order chi connectivity index (χ0) is 44.5. The van der Waals surface area contributed by atoms with Crippen LogP contribution in [0.2, 0.25) is 0 Å². The Kier molecular flexibility index (Phi) is 24.3. The second kappa shape index (κ2) is 29.3. The molecule has 4 saturated heterocycles. The number of rotatable bonds is 31. The number of likely N-dealkylation sites (tertiary alicyclic amines) is 3. The van der Waals surface area contributed by atoms with Crippen LogP contribution in [-0.2, 0) is 28.8 Å². The molecule has 4 rings (SSSR count). The Morgan fingerprint density at radius 3 is 1.42 bits per heavy atom. The average molecular weight is 871 g/mol. The second-order valence-electron chi connectivity index (χ2n) is 18.9. The van der Waals surface area contributed by atoms with Gasteiger partial charge in [-0.15, -0.1) is 0 Å². The van der Waals surface area contributed by atoms with Gasteiger partial charge in [0, 0.05) is 39.1 Å². The van der Waals surface area contributed by atoms with E-state index in [1.807, 2.05) is 4.90 Å². The Hall–Kier alpha value is -3.22. The third-order valence-corrected chi connectivity index (χ3v) is 14.0. The third-order valence-electron chi connectivity index (χ3n) is 14.0. The molecule has 13 nitrogen and oxygen atoms in total. The number of carboxylic acid groups (broad SMARTS) is 1. The van der Waals surface area contributed by atoms with Gasteiger partial charge in [-0.25, -0.2) is 0 Å². The van der Waals surface area contributed by atoms with Gasteiger partial charge < -0.3 is 35.3 Å². The molecule has 13 heteroatoms. The third kappa shape index (κ3) is 16.7. The molecule has 5 amide bonds.